The van der Waals surface area contributed by atoms with Crippen molar-refractivity contribution < 1.29 is 4.79 Å². The number of carbonyl (C=O) groups excluding carboxylic acids is 1. The van der Waals surface area contributed by atoms with Gasteiger partial charge in [0.15, 0.2) is 0 Å². The van der Waals surface area contributed by atoms with E-state index < -0.39 is 0 Å². The van der Waals surface area contributed by atoms with Gasteiger partial charge in [-0.15, -0.1) is 24.8 Å². The molecule has 2 N–H and O–H groups in total. The third-order valence-corrected chi connectivity index (χ3v) is 5.04. The number of carbonyl (C=O) groups is 1. The van der Waals surface area contributed by atoms with Gasteiger partial charge in [0.1, 0.15) is 0 Å². The molecule has 0 bridgehead atoms. The van der Waals surface area contributed by atoms with Gasteiger partial charge in [-0.05, 0) is 62.9 Å². The molecule has 1 aromatic carbocycles. The summed E-state index contributed by atoms with van der Waals surface area (Å²) in [7, 11) is 0. The van der Waals surface area contributed by atoms with Crippen LogP contribution in [-0.4, -0.2) is 32.1 Å². The lowest BCUT2D eigenvalue weighted by molar-refractivity contribution is -0.116. The Labute approximate surface area is 163 Å². The standard InChI is InChI=1S/C19H29N3O.2ClH/c23-19(9-8-16-10-11-20-15-16)21-17-6-5-7-18(14-17)22-12-3-1-2-4-13-22;;/h5-7,14,16,20H,1-4,8-13,15H2,(H,21,23);2*1H. The molecule has 0 radical (unpaired) electrons. The number of rotatable bonds is 5. The van der Waals surface area contributed by atoms with Crippen LogP contribution in [-0.2, 0) is 4.79 Å². The monoisotopic (exact) mass is 387 g/mol. The summed E-state index contributed by atoms with van der Waals surface area (Å²) >= 11 is 0. The Morgan fingerprint density at radius 1 is 1.16 bits per heavy atom. The van der Waals surface area contributed by atoms with Crippen LogP contribution in [0.1, 0.15) is 44.9 Å². The molecule has 1 amide bonds. The van der Waals surface area contributed by atoms with E-state index in [-0.39, 0.29) is 30.7 Å². The lowest BCUT2D eigenvalue weighted by Gasteiger charge is -2.23. The molecular weight excluding hydrogens is 357 g/mol. The van der Waals surface area contributed by atoms with Gasteiger partial charge >= 0.3 is 0 Å². The van der Waals surface area contributed by atoms with Crippen molar-refractivity contribution in [1.29, 1.82) is 0 Å². The van der Waals surface area contributed by atoms with Crippen molar-refractivity contribution in [3.8, 4) is 0 Å². The van der Waals surface area contributed by atoms with Gasteiger partial charge in [0.25, 0.3) is 0 Å². The highest BCUT2D eigenvalue weighted by Crippen LogP contribution is 2.23. The van der Waals surface area contributed by atoms with Crippen molar-refractivity contribution in [2.24, 2.45) is 5.92 Å². The second-order valence-corrected chi connectivity index (χ2v) is 6.90. The topological polar surface area (TPSA) is 44.4 Å². The lowest BCUT2D eigenvalue weighted by Crippen LogP contribution is -2.24. The fraction of sp³-hybridized carbons (Fsp3) is 0.632. The van der Waals surface area contributed by atoms with Gasteiger partial charge < -0.3 is 15.5 Å². The Bertz CT molecular complexity index is 513. The van der Waals surface area contributed by atoms with E-state index in [9.17, 15) is 4.79 Å². The van der Waals surface area contributed by atoms with Gasteiger partial charge in [0.2, 0.25) is 5.91 Å². The van der Waals surface area contributed by atoms with Gasteiger partial charge in [0.05, 0.1) is 0 Å². The normalized spacial score (nSPS) is 20.2. The van der Waals surface area contributed by atoms with Crippen LogP contribution in [0.15, 0.2) is 24.3 Å². The Kier molecular flexibility index (Phi) is 10.2. The minimum Gasteiger partial charge on any atom is -0.371 e. The number of nitrogens with zero attached hydrogens (tertiary/aromatic N) is 1. The summed E-state index contributed by atoms with van der Waals surface area (Å²) in [4.78, 5) is 14.6. The summed E-state index contributed by atoms with van der Waals surface area (Å²) < 4.78 is 0. The summed E-state index contributed by atoms with van der Waals surface area (Å²) in [6.45, 7) is 4.43. The molecule has 3 rings (SSSR count). The molecule has 25 heavy (non-hydrogen) atoms. The van der Waals surface area contributed by atoms with E-state index in [1.54, 1.807) is 0 Å². The number of hydrogen-bond acceptors (Lipinski definition) is 3. The van der Waals surface area contributed by atoms with Gasteiger partial charge in [0, 0.05) is 30.9 Å². The molecule has 1 atom stereocenters. The molecular formula is C19H31Cl2N3O. The first kappa shape index (κ1) is 22.1. The number of halogens is 2. The van der Waals surface area contributed by atoms with E-state index in [1.165, 1.54) is 37.8 Å². The number of anilines is 2. The fourth-order valence-corrected chi connectivity index (χ4v) is 3.63. The zero-order chi connectivity index (χ0) is 15.9. The number of nitrogens with one attached hydrogen (secondary N) is 2. The van der Waals surface area contributed by atoms with Crippen molar-refractivity contribution in [1.82, 2.24) is 5.32 Å². The van der Waals surface area contributed by atoms with E-state index in [0.717, 1.165) is 38.3 Å². The highest BCUT2D eigenvalue weighted by atomic mass is 35.5. The Hall–Kier alpha value is -0.970. The van der Waals surface area contributed by atoms with Crippen LogP contribution in [0.5, 0.6) is 0 Å². The maximum Gasteiger partial charge on any atom is 0.224 e. The van der Waals surface area contributed by atoms with Crippen LogP contribution < -0.4 is 15.5 Å². The van der Waals surface area contributed by atoms with Crippen LogP contribution >= 0.6 is 24.8 Å². The molecule has 142 valence electrons. The van der Waals surface area contributed by atoms with Crippen LogP contribution in [0.4, 0.5) is 11.4 Å². The Morgan fingerprint density at radius 2 is 1.92 bits per heavy atom. The zero-order valence-corrected chi connectivity index (χ0v) is 16.5. The number of hydrogen-bond donors (Lipinski definition) is 2. The average molecular weight is 388 g/mol. The van der Waals surface area contributed by atoms with Crippen molar-refractivity contribution in [3.63, 3.8) is 0 Å². The van der Waals surface area contributed by atoms with E-state index in [0.29, 0.717) is 12.3 Å². The third kappa shape index (κ3) is 7.04. The highest BCUT2D eigenvalue weighted by molar-refractivity contribution is 5.91. The molecule has 1 unspecified atom stereocenters. The molecule has 0 saturated carbocycles. The van der Waals surface area contributed by atoms with Gasteiger partial charge in [-0.3, -0.25) is 4.79 Å². The first-order valence-electron chi connectivity index (χ1n) is 9.17. The number of benzene rings is 1. The van der Waals surface area contributed by atoms with Crippen LogP contribution in [0.2, 0.25) is 0 Å². The van der Waals surface area contributed by atoms with Gasteiger partial charge in [-0.2, -0.15) is 0 Å². The molecule has 2 aliphatic heterocycles. The molecule has 2 fully saturated rings. The predicted octanol–water partition coefficient (Wildman–Crippen LogP) is 4.24. The summed E-state index contributed by atoms with van der Waals surface area (Å²) in [5, 5.41) is 6.43. The molecule has 0 aliphatic carbocycles. The molecule has 0 aromatic heterocycles. The van der Waals surface area contributed by atoms with E-state index in [4.69, 9.17) is 0 Å². The molecule has 6 heteroatoms. The molecule has 1 aromatic rings. The zero-order valence-electron chi connectivity index (χ0n) is 14.8. The molecule has 0 spiro atoms. The van der Waals surface area contributed by atoms with Crippen molar-refractivity contribution in [2.75, 3.05) is 36.4 Å². The second kappa shape index (κ2) is 11.6. The minimum atomic E-state index is 0. The van der Waals surface area contributed by atoms with Crippen molar-refractivity contribution >= 4 is 42.1 Å². The largest absolute Gasteiger partial charge is 0.371 e. The van der Waals surface area contributed by atoms with Crippen molar-refractivity contribution in [2.45, 2.75) is 44.9 Å². The first-order valence-corrected chi connectivity index (χ1v) is 9.17. The van der Waals surface area contributed by atoms with E-state index >= 15 is 0 Å². The third-order valence-electron chi connectivity index (χ3n) is 5.04. The lowest BCUT2D eigenvalue weighted by atomic mass is 10.0. The molecule has 2 aliphatic rings. The summed E-state index contributed by atoms with van der Waals surface area (Å²) in [6, 6.07) is 8.33. The van der Waals surface area contributed by atoms with Crippen LogP contribution in [0.25, 0.3) is 0 Å². The SMILES string of the molecule is Cl.Cl.O=C(CCC1CCNC1)Nc1cccc(N2CCCCCC2)c1. The van der Waals surface area contributed by atoms with Crippen LogP contribution in [0, 0.1) is 5.92 Å². The fourth-order valence-electron chi connectivity index (χ4n) is 3.63. The number of amides is 1. The van der Waals surface area contributed by atoms with Gasteiger partial charge in [-0.1, -0.05) is 18.9 Å². The van der Waals surface area contributed by atoms with E-state index in [2.05, 4.69) is 33.7 Å². The summed E-state index contributed by atoms with van der Waals surface area (Å²) in [6.07, 6.45) is 8.03. The molecule has 4 nitrogen and oxygen atoms in total. The maximum atomic E-state index is 12.2. The summed E-state index contributed by atoms with van der Waals surface area (Å²) in [5.41, 5.74) is 2.17. The molecule has 2 saturated heterocycles. The Morgan fingerprint density at radius 3 is 2.60 bits per heavy atom. The maximum absolute atomic E-state index is 12.2. The van der Waals surface area contributed by atoms with Crippen LogP contribution in [0.3, 0.4) is 0 Å². The van der Waals surface area contributed by atoms with Gasteiger partial charge in [-0.25, -0.2) is 0 Å². The minimum absolute atomic E-state index is 0. The predicted molar refractivity (Wildman–Crippen MR) is 110 cm³/mol. The molecule has 2 heterocycles. The Balaban J connectivity index is 0.00000156. The average Bonchev–Trinajstić information content (AvgIpc) is 2.93. The summed E-state index contributed by atoms with van der Waals surface area (Å²) in [5.74, 6) is 0.814. The van der Waals surface area contributed by atoms with E-state index in [1.807, 2.05) is 6.07 Å². The van der Waals surface area contributed by atoms with Crippen molar-refractivity contribution in [3.05, 3.63) is 24.3 Å². The first-order chi connectivity index (χ1) is 11.3. The smallest absolute Gasteiger partial charge is 0.224 e. The quantitative estimate of drug-likeness (QED) is 0.793. The highest BCUT2D eigenvalue weighted by Gasteiger charge is 2.16. The second-order valence-electron chi connectivity index (χ2n) is 6.90.